The Labute approximate surface area is 222 Å². The molecule has 38 heavy (non-hydrogen) atoms. The van der Waals surface area contributed by atoms with Crippen molar-refractivity contribution in [1.29, 1.82) is 0 Å². The Kier molecular flexibility index (Phi) is 6.66. The maximum Gasteiger partial charge on any atom is 0.178 e. The van der Waals surface area contributed by atoms with E-state index in [2.05, 4.69) is 88.5 Å². The van der Waals surface area contributed by atoms with Crippen molar-refractivity contribution in [3.05, 3.63) is 72.6 Å². The number of hydrogen-bond acceptors (Lipinski definition) is 6. The molecule has 1 aliphatic heterocycles. The lowest BCUT2D eigenvalue weighted by Gasteiger charge is -2.34. The van der Waals surface area contributed by atoms with Crippen LogP contribution in [-0.2, 0) is 6.54 Å². The van der Waals surface area contributed by atoms with E-state index in [1.807, 2.05) is 16.9 Å². The molecule has 0 unspecified atom stereocenters. The first-order chi connectivity index (χ1) is 18.6. The van der Waals surface area contributed by atoms with Gasteiger partial charge in [0, 0.05) is 79.7 Å². The van der Waals surface area contributed by atoms with Gasteiger partial charge in [-0.3, -0.25) is 4.68 Å². The molecule has 0 aliphatic carbocycles. The van der Waals surface area contributed by atoms with Crippen LogP contribution >= 0.6 is 0 Å². The molecular formula is C30H33N7O. The van der Waals surface area contributed by atoms with Gasteiger partial charge in [0.25, 0.3) is 0 Å². The number of anilines is 1. The van der Waals surface area contributed by atoms with E-state index in [0.717, 1.165) is 65.5 Å². The van der Waals surface area contributed by atoms with Crippen molar-refractivity contribution >= 4 is 16.9 Å². The van der Waals surface area contributed by atoms with Crippen LogP contribution in [0.25, 0.3) is 44.9 Å². The van der Waals surface area contributed by atoms with Gasteiger partial charge in [0.1, 0.15) is 11.5 Å². The number of imidazole rings is 1. The van der Waals surface area contributed by atoms with Crippen LogP contribution in [0.15, 0.2) is 67.0 Å². The summed E-state index contributed by atoms with van der Waals surface area (Å²) in [5, 5.41) is 14.3. The summed E-state index contributed by atoms with van der Waals surface area (Å²) in [6, 6.07) is 19.1. The Hall–Kier alpha value is -4.01. The summed E-state index contributed by atoms with van der Waals surface area (Å²) in [7, 11) is 2.17. The summed E-state index contributed by atoms with van der Waals surface area (Å²) >= 11 is 0. The van der Waals surface area contributed by atoms with Gasteiger partial charge in [-0.15, -0.1) is 0 Å². The normalized spacial score (nSPS) is 14.4. The summed E-state index contributed by atoms with van der Waals surface area (Å²) in [5.41, 5.74) is 9.03. The lowest BCUT2D eigenvalue weighted by molar-refractivity contribution is 0.277. The predicted molar refractivity (Wildman–Crippen MR) is 152 cm³/mol. The van der Waals surface area contributed by atoms with Crippen LogP contribution in [-0.4, -0.2) is 74.6 Å². The maximum absolute atomic E-state index is 9.36. The summed E-state index contributed by atoms with van der Waals surface area (Å²) in [4.78, 5) is 17.8. The van der Waals surface area contributed by atoms with Crippen molar-refractivity contribution < 1.29 is 5.11 Å². The van der Waals surface area contributed by atoms with E-state index >= 15 is 0 Å². The zero-order chi connectivity index (χ0) is 26.1. The van der Waals surface area contributed by atoms with Gasteiger partial charge >= 0.3 is 0 Å². The van der Waals surface area contributed by atoms with Crippen molar-refractivity contribution in [2.45, 2.75) is 19.9 Å². The number of aryl methyl sites for hydroxylation is 2. The van der Waals surface area contributed by atoms with Crippen molar-refractivity contribution in [3.8, 4) is 33.8 Å². The number of aromatic amines is 1. The fourth-order valence-electron chi connectivity index (χ4n) is 5.06. The number of nitrogens with one attached hydrogen (secondary N) is 1. The Morgan fingerprint density at radius 2 is 1.63 bits per heavy atom. The Balaban J connectivity index is 1.37. The van der Waals surface area contributed by atoms with Crippen LogP contribution in [0.4, 0.5) is 5.69 Å². The number of benzene rings is 2. The highest BCUT2D eigenvalue weighted by Gasteiger charge is 2.19. The molecule has 1 fully saturated rings. The Bertz CT molecular complexity index is 1530. The van der Waals surface area contributed by atoms with Crippen LogP contribution in [0.3, 0.4) is 0 Å². The fourth-order valence-corrected chi connectivity index (χ4v) is 5.06. The van der Waals surface area contributed by atoms with Gasteiger partial charge in [-0.05, 0) is 50.7 Å². The van der Waals surface area contributed by atoms with Crippen molar-refractivity contribution in [2.75, 3.05) is 44.7 Å². The lowest BCUT2D eigenvalue weighted by atomic mass is 10.0. The van der Waals surface area contributed by atoms with Crippen molar-refractivity contribution in [1.82, 2.24) is 29.6 Å². The van der Waals surface area contributed by atoms with Crippen LogP contribution < -0.4 is 4.90 Å². The number of fused-ring (bicyclic) bond motifs is 1. The van der Waals surface area contributed by atoms with Crippen LogP contribution in [0, 0.1) is 6.92 Å². The molecule has 6 rings (SSSR count). The smallest absolute Gasteiger partial charge is 0.178 e. The van der Waals surface area contributed by atoms with Crippen LogP contribution in [0.1, 0.15) is 12.0 Å². The van der Waals surface area contributed by atoms with Gasteiger partial charge < -0.3 is 19.9 Å². The second-order valence-electron chi connectivity index (χ2n) is 10.1. The molecule has 8 nitrogen and oxygen atoms in total. The molecule has 8 heteroatoms. The third-order valence-electron chi connectivity index (χ3n) is 7.32. The third kappa shape index (κ3) is 4.80. The molecule has 0 amide bonds. The first-order valence-electron chi connectivity index (χ1n) is 13.2. The number of aromatic nitrogens is 5. The van der Waals surface area contributed by atoms with Gasteiger partial charge in [0.15, 0.2) is 5.65 Å². The molecule has 0 atom stereocenters. The third-order valence-corrected chi connectivity index (χ3v) is 7.32. The van der Waals surface area contributed by atoms with E-state index in [9.17, 15) is 5.11 Å². The van der Waals surface area contributed by atoms with E-state index in [-0.39, 0.29) is 6.61 Å². The first-order valence-corrected chi connectivity index (χ1v) is 13.2. The summed E-state index contributed by atoms with van der Waals surface area (Å²) < 4.78 is 1.92. The van der Waals surface area contributed by atoms with E-state index < -0.39 is 0 Å². The monoisotopic (exact) mass is 507 g/mol. The topological polar surface area (TPSA) is 86.1 Å². The predicted octanol–water partition coefficient (Wildman–Crippen LogP) is 4.60. The van der Waals surface area contributed by atoms with E-state index in [1.54, 1.807) is 0 Å². The second kappa shape index (κ2) is 10.4. The second-order valence-corrected chi connectivity index (χ2v) is 10.1. The fraction of sp³-hybridized carbons (Fsp3) is 0.300. The average Bonchev–Trinajstić information content (AvgIpc) is 3.58. The van der Waals surface area contributed by atoms with Gasteiger partial charge in [0.05, 0.1) is 5.52 Å². The minimum Gasteiger partial charge on any atom is -0.396 e. The highest BCUT2D eigenvalue weighted by molar-refractivity contribution is 5.95. The summed E-state index contributed by atoms with van der Waals surface area (Å²) in [6.07, 6.45) is 4.52. The molecular weight excluding hydrogens is 474 g/mol. The minimum atomic E-state index is 0.131. The highest BCUT2D eigenvalue weighted by Crippen LogP contribution is 2.35. The largest absolute Gasteiger partial charge is 0.396 e. The number of pyridine rings is 1. The Morgan fingerprint density at radius 1 is 0.895 bits per heavy atom. The molecule has 1 aliphatic rings. The van der Waals surface area contributed by atoms with Crippen molar-refractivity contribution in [3.63, 3.8) is 0 Å². The molecule has 4 heterocycles. The minimum absolute atomic E-state index is 0.131. The number of likely N-dealkylation sites (N-methyl/N-ethyl adjacent to an activating group) is 1. The first kappa shape index (κ1) is 24.3. The van der Waals surface area contributed by atoms with E-state index in [4.69, 9.17) is 10.1 Å². The standard InChI is InChI=1S/C30H33N7O/c1-21-4-6-22(7-5-21)27-26(20-37(34-27)14-3-19-38)25-12-13-31-30-28(25)32-29(33-30)23-8-10-24(11-9-23)36-17-15-35(2)16-18-36/h4-13,20,38H,3,14-19H2,1-2H3,(H,31,32,33). The number of piperazine rings is 1. The molecule has 0 radical (unpaired) electrons. The maximum atomic E-state index is 9.36. The van der Waals surface area contributed by atoms with Gasteiger partial charge in [-0.25, -0.2) is 9.97 Å². The SMILES string of the molecule is Cc1ccc(-c2nn(CCCO)cc2-c2ccnc3nc(-c4ccc(N5CCN(C)CC5)cc4)[nH]c23)cc1. The molecule has 5 aromatic rings. The number of H-pyrrole nitrogens is 1. The van der Waals surface area contributed by atoms with E-state index in [0.29, 0.717) is 18.6 Å². The summed E-state index contributed by atoms with van der Waals surface area (Å²) in [6.45, 7) is 7.12. The zero-order valence-electron chi connectivity index (χ0n) is 21.9. The molecule has 0 saturated carbocycles. The summed E-state index contributed by atoms with van der Waals surface area (Å²) in [5.74, 6) is 0.800. The number of aliphatic hydroxyl groups is 1. The van der Waals surface area contributed by atoms with Crippen LogP contribution in [0.2, 0.25) is 0 Å². The Morgan fingerprint density at radius 3 is 2.37 bits per heavy atom. The molecule has 194 valence electrons. The molecule has 1 saturated heterocycles. The van der Waals surface area contributed by atoms with Gasteiger partial charge in [0.2, 0.25) is 0 Å². The molecule has 3 aromatic heterocycles. The molecule has 0 spiro atoms. The number of aliphatic hydroxyl groups excluding tert-OH is 1. The molecule has 2 aromatic carbocycles. The highest BCUT2D eigenvalue weighted by atomic mass is 16.3. The van der Waals surface area contributed by atoms with Gasteiger partial charge in [-0.1, -0.05) is 29.8 Å². The average molecular weight is 508 g/mol. The number of rotatable bonds is 7. The van der Waals surface area contributed by atoms with Crippen LogP contribution in [0.5, 0.6) is 0 Å². The molecule has 0 bridgehead atoms. The number of nitrogens with zero attached hydrogens (tertiary/aromatic N) is 6. The lowest BCUT2D eigenvalue weighted by Crippen LogP contribution is -2.44. The van der Waals surface area contributed by atoms with Gasteiger partial charge in [-0.2, -0.15) is 5.10 Å². The van der Waals surface area contributed by atoms with E-state index in [1.165, 1.54) is 11.3 Å². The molecule has 2 N–H and O–H groups in total. The quantitative estimate of drug-likeness (QED) is 0.335. The zero-order valence-corrected chi connectivity index (χ0v) is 21.9. The number of hydrogen-bond donors (Lipinski definition) is 2. The van der Waals surface area contributed by atoms with Crippen molar-refractivity contribution in [2.24, 2.45) is 0 Å².